The van der Waals surface area contributed by atoms with Crippen molar-refractivity contribution >= 4 is 0 Å². The van der Waals surface area contributed by atoms with Gasteiger partial charge in [-0.25, -0.2) is 0 Å². The van der Waals surface area contributed by atoms with Crippen LogP contribution in [0.1, 0.15) is 83.1 Å². The molecule has 104 valence electrons. The molecule has 0 amide bonds. The van der Waals surface area contributed by atoms with Gasteiger partial charge in [0.15, 0.2) is 0 Å². The highest BCUT2D eigenvalue weighted by Crippen LogP contribution is 1.57. The minimum atomic E-state index is 2.00. The number of hydrogen-bond donors (Lipinski definition) is 0. The molecule has 0 rings (SSSR count). The SMILES string of the molecule is C/C=C\C.C/C=C\C.CC.CC.CC.CC. The molecule has 0 aromatic rings. The van der Waals surface area contributed by atoms with Crippen LogP contribution < -0.4 is 0 Å². The molecule has 0 aliphatic carbocycles. The van der Waals surface area contributed by atoms with Gasteiger partial charge in [0.05, 0.1) is 0 Å². The van der Waals surface area contributed by atoms with Crippen molar-refractivity contribution in [2.75, 3.05) is 0 Å². The largest absolute Gasteiger partial charge is 0.0919 e. The Morgan fingerprint density at radius 2 is 0.375 bits per heavy atom. The maximum Gasteiger partial charge on any atom is -0.0470 e. The predicted molar refractivity (Wildman–Crippen MR) is 86.4 cm³/mol. The Bertz CT molecular complexity index is 40.4. The molecule has 0 aromatic carbocycles. The average Bonchev–Trinajstić information content (AvgIpc) is 2.47. The van der Waals surface area contributed by atoms with E-state index in [0.717, 1.165) is 0 Å². The van der Waals surface area contributed by atoms with Gasteiger partial charge in [-0.1, -0.05) is 79.7 Å². The smallest absolute Gasteiger partial charge is 0.0470 e. The zero-order valence-electron chi connectivity index (χ0n) is 14.3. The summed E-state index contributed by atoms with van der Waals surface area (Å²) in [5.74, 6) is 0. The van der Waals surface area contributed by atoms with Crippen LogP contribution in [-0.4, -0.2) is 0 Å². The average molecular weight is 232 g/mol. The van der Waals surface area contributed by atoms with Gasteiger partial charge in [-0.15, -0.1) is 0 Å². The van der Waals surface area contributed by atoms with Crippen LogP contribution in [-0.2, 0) is 0 Å². The molecule has 0 unspecified atom stereocenters. The standard InChI is InChI=1S/2C4H8.4C2H6/c2*1-3-4-2;4*1-2/h2*3-4H,1-2H3;4*1-2H3/b2*4-3-;;;;. The van der Waals surface area contributed by atoms with Crippen molar-refractivity contribution in [3.8, 4) is 0 Å². The maximum atomic E-state index is 2.00. The third-order valence-corrected chi connectivity index (χ3v) is 0.667. The van der Waals surface area contributed by atoms with Gasteiger partial charge in [-0.3, -0.25) is 0 Å². The number of hydrogen-bond acceptors (Lipinski definition) is 0. The maximum absolute atomic E-state index is 2.00. The summed E-state index contributed by atoms with van der Waals surface area (Å²) in [5, 5.41) is 0. The van der Waals surface area contributed by atoms with E-state index in [-0.39, 0.29) is 0 Å². The quantitative estimate of drug-likeness (QED) is 0.385. The van der Waals surface area contributed by atoms with Crippen molar-refractivity contribution in [3.63, 3.8) is 0 Å². The Balaban J connectivity index is -0.0000000196. The van der Waals surface area contributed by atoms with Crippen LogP contribution in [0.4, 0.5) is 0 Å². The summed E-state index contributed by atoms with van der Waals surface area (Å²) >= 11 is 0. The van der Waals surface area contributed by atoms with E-state index in [1.54, 1.807) is 0 Å². The van der Waals surface area contributed by atoms with E-state index in [9.17, 15) is 0 Å². The third kappa shape index (κ3) is 959. The minimum Gasteiger partial charge on any atom is -0.0919 e. The lowest BCUT2D eigenvalue weighted by atomic mass is 10.6. The predicted octanol–water partition coefficient (Wildman–Crippen LogP) is 7.27. The van der Waals surface area contributed by atoms with Gasteiger partial charge in [0.2, 0.25) is 0 Å². The van der Waals surface area contributed by atoms with Gasteiger partial charge in [0.1, 0.15) is 0 Å². The first kappa shape index (κ1) is 36.1. The summed E-state index contributed by atoms with van der Waals surface area (Å²) in [7, 11) is 0. The summed E-state index contributed by atoms with van der Waals surface area (Å²) in [6, 6.07) is 0. The lowest BCUT2D eigenvalue weighted by molar-refractivity contribution is 1.50. The lowest BCUT2D eigenvalue weighted by Gasteiger charge is -1.49. The van der Waals surface area contributed by atoms with Gasteiger partial charge in [0.25, 0.3) is 0 Å². The Labute approximate surface area is 108 Å². The molecular weight excluding hydrogens is 192 g/mol. The third-order valence-electron chi connectivity index (χ3n) is 0.667. The van der Waals surface area contributed by atoms with E-state index in [4.69, 9.17) is 0 Å². The van der Waals surface area contributed by atoms with Crippen molar-refractivity contribution in [2.24, 2.45) is 0 Å². The fraction of sp³-hybridized carbons (Fsp3) is 0.750. The Morgan fingerprint density at radius 3 is 0.375 bits per heavy atom. The highest BCUT2D eigenvalue weighted by Gasteiger charge is 1.34. The molecule has 0 nitrogen and oxygen atoms in total. The molecule has 0 heterocycles. The van der Waals surface area contributed by atoms with E-state index in [2.05, 4.69) is 0 Å². The van der Waals surface area contributed by atoms with Gasteiger partial charge in [-0.2, -0.15) is 0 Å². The highest BCUT2D eigenvalue weighted by atomic mass is 13.4. The first-order chi connectivity index (χ1) is 7.83. The lowest BCUT2D eigenvalue weighted by Crippen LogP contribution is -1.26. The zero-order chi connectivity index (χ0) is 14.8. The van der Waals surface area contributed by atoms with Crippen LogP contribution in [0.3, 0.4) is 0 Å². The molecule has 0 aliphatic rings. The molecule has 0 bridgehead atoms. The second-order valence-electron chi connectivity index (χ2n) is 1.33. The fourth-order valence-corrected chi connectivity index (χ4v) is 0. The first-order valence-corrected chi connectivity index (χ1v) is 6.98. The molecule has 0 aliphatic heterocycles. The second kappa shape index (κ2) is 217. The molecule has 0 saturated carbocycles. The Hall–Kier alpha value is -0.520. The molecule has 0 saturated heterocycles. The van der Waals surface area contributed by atoms with Crippen LogP contribution >= 0.6 is 0 Å². The van der Waals surface area contributed by atoms with Crippen LogP contribution in [0.25, 0.3) is 0 Å². The van der Waals surface area contributed by atoms with Crippen molar-refractivity contribution in [1.29, 1.82) is 0 Å². The Morgan fingerprint density at radius 1 is 0.312 bits per heavy atom. The zero-order valence-corrected chi connectivity index (χ0v) is 14.3. The van der Waals surface area contributed by atoms with Crippen LogP contribution in [0.5, 0.6) is 0 Å². The highest BCUT2D eigenvalue weighted by molar-refractivity contribution is 4.68. The molecule has 0 heteroatoms. The van der Waals surface area contributed by atoms with Gasteiger partial charge >= 0.3 is 0 Å². The monoisotopic (exact) mass is 232 g/mol. The minimum absolute atomic E-state index is 2.00. The fourth-order valence-electron chi connectivity index (χ4n) is 0. The summed E-state index contributed by atoms with van der Waals surface area (Å²) in [6.07, 6.45) is 8.00. The summed E-state index contributed by atoms with van der Waals surface area (Å²) < 4.78 is 0. The first-order valence-electron chi connectivity index (χ1n) is 6.98. The van der Waals surface area contributed by atoms with E-state index in [0.29, 0.717) is 0 Å². The van der Waals surface area contributed by atoms with Crippen molar-refractivity contribution < 1.29 is 0 Å². The van der Waals surface area contributed by atoms with Gasteiger partial charge in [-0.05, 0) is 27.7 Å². The molecular formula is C16H40. The molecule has 0 spiro atoms. The normalized spacial score (nSPS) is 6.25. The van der Waals surface area contributed by atoms with Crippen molar-refractivity contribution in [2.45, 2.75) is 83.1 Å². The number of rotatable bonds is 0. The van der Waals surface area contributed by atoms with Crippen LogP contribution in [0.15, 0.2) is 24.3 Å². The van der Waals surface area contributed by atoms with Gasteiger partial charge < -0.3 is 0 Å². The number of allylic oxidation sites excluding steroid dienone is 4. The molecule has 0 aromatic heterocycles. The van der Waals surface area contributed by atoms with E-state index < -0.39 is 0 Å². The summed E-state index contributed by atoms with van der Waals surface area (Å²) in [5.41, 5.74) is 0. The van der Waals surface area contributed by atoms with Crippen molar-refractivity contribution in [1.82, 2.24) is 0 Å². The van der Waals surface area contributed by atoms with E-state index in [1.165, 1.54) is 0 Å². The summed E-state index contributed by atoms with van der Waals surface area (Å²) in [4.78, 5) is 0. The van der Waals surface area contributed by atoms with E-state index >= 15 is 0 Å². The van der Waals surface area contributed by atoms with E-state index in [1.807, 2.05) is 107 Å². The molecule has 0 atom stereocenters. The van der Waals surface area contributed by atoms with Crippen LogP contribution in [0.2, 0.25) is 0 Å². The van der Waals surface area contributed by atoms with Gasteiger partial charge in [0, 0.05) is 0 Å². The summed E-state index contributed by atoms with van der Waals surface area (Å²) in [6.45, 7) is 24.0. The molecule has 16 heavy (non-hydrogen) atoms. The Kier molecular flexibility index (Phi) is 490. The second-order valence-corrected chi connectivity index (χ2v) is 1.33. The molecule has 0 radical (unpaired) electrons. The molecule has 0 fully saturated rings. The van der Waals surface area contributed by atoms with Crippen molar-refractivity contribution in [3.05, 3.63) is 24.3 Å². The van der Waals surface area contributed by atoms with Crippen LogP contribution in [0, 0.1) is 0 Å². The molecule has 0 N–H and O–H groups in total. The topological polar surface area (TPSA) is 0 Å².